The zero-order valence-corrected chi connectivity index (χ0v) is 12.0. The maximum atomic E-state index is 13.3. The summed E-state index contributed by atoms with van der Waals surface area (Å²) >= 11 is 3.07. The van der Waals surface area contributed by atoms with Crippen molar-refractivity contribution in [3.8, 4) is 0 Å². The third-order valence-electron chi connectivity index (χ3n) is 3.67. The molecule has 1 amide bonds. The van der Waals surface area contributed by atoms with Crippen molar-refractivity contribution in [2.24, 2.45) is 5.41 Å². The summed E-state index contributed by atoms with van der Waals surface area (Å²) in [5.74, 6) is -0.607. The van der Waals surface area contributed by atoms with Gasteiger partial charge >= 0.3 is 0 Å². The molecule has 0 atom stereocenters. The first-order valence-electron chi connectivity index (χ1n) is 6.23. The summed E-state index contributed by atoms with van der Waals surface area (Å²) in [7, 11) is 0. The summed E-state index contributed by atoms with van der Waals surface area (Å²) in [6.45, 7) is 2.87. The second-order valence-corrected chi connectivity index (χ2v) is 6.18. The molecule has 1 fully saturated rings. The summed E-state index contributed by atoms with van der Waals surface area (Å²) in [6, 6.07) is 4.44. The average Bonchev–Trinajstić information content (AvgIpc) is 2.77. The molecule has 0 unspecified atom stereocenters. The molecule has 98 valence electrons. The summed E-state index contributed by atoms with van der Waals surface area (Å²) in [4.78, 5) is 11.9. The molecule has 1 saturated carbocycles. The van der Waals surface area contributed by atoms with Crippen LogP contribution < -0.4 is 5.32 Å². The summed E-state index contributed by atoms with van der Waals surface area (Å²) in [6.07, 6.45) is 4.78. The lowest BCUT2D eigenvalue weighted by molar-refractivity contribution is 0.0934. The van der Waals surface area contributed by atoms with Gasteiger partial charge in [-0.1, -0.05) is 19.8 Å². The van der Waals surface area contributed by atoms with Crippen molar-refractivity contribution in [2.45, 2.75) is 32.6 Å². The zero-order chi connectivity index (χ0) is 13.2. The number of nitrogens with one attached hydrogen (secondary N) is 1. The molecule has 1 aliphatic carbocycles. The number of benzene rings is 1. The highest BCUT2D eigenvalue weighted by atomic mass is 79.9. The van der Waals surface area contributed by atoms with Crippen LogP contribution in [-0.2, 0) is 0 Å². The number of hydrogen-bond acceptors (Lipinski definition) is 1. The van der Waals surface area contributed by atoms with Gasteiger partial charge in [-0.15, -0.1) is 0 Å². The molecule has 0 aromatic heterocycles. The highest BCUT2D eigenvalue weighted by Crippen LogP contribution is 2.36. The standard InChI is InChI=1S/C14H17BrFNO/c1-14(6-2-3-7-14)9-17-13(18)10-4-5-11(15)12(16)8-10/h4-5,8H,2-3,6-7,9H2,1H3,(H,17,18). The van der Waals surface area contributed by atoms with Gasteiger partial charge < -0.3 is 5.32 Å². The Labute approximate surface area is 115 Å². The molecule has 18 heavy (non-hydrogen) atoms. The fourth-order valence-corrected chi connectivity index (χ4v) is 2.69. The van der Waals surface area contributed by atoms with E-state index in [4.69, 9.17) is 0 Å². The highest BCUT2D eigenvalue weighted by molar-refractivity contribution is 9.10. The first-order chi connectivity index (χ1) is 8.50. The number of halogens is 2. The van der Waals surface area contributed by atoms with E-state index in [0.29, 0.717) is 16.6 Å². The van der Waals surface area contributed by atoms with Crippen LogP contribution in [0.25, 0.3) is 0 Å². The molecule has 0 bridgehead atoms. The van der Waals surface area contributed by atoms with Gasteiger partial charge in [-0.25, -0.2) is 4.39 Å². The number of amides is 1. The number of hydrogen-bond donors (Lipinski definition) is 1. The molecule has 1 aromatic rings. The lowest BCUT2D eigenvalue weighted by Gasteiger charge is -2.23. The van der Waals surface area contributed by atoms with E-state index in [9.17, 15) is 9.18 Å². The Hall–Kier alpha value is -0.900. The van der Waals surface area contributed by atoms with Gasteiger partial charge in [0, 0.05) is 12.1 Å². The smallest absolute Gasteiger partial charge is 0.251 e. The molecule has 0 spiro atoms. The predicted octanol–water partition coefficient (Wildman–Crippen LogP) is 3.90. The van der Waals surface area contributed by atoms with Gasteiger partial charge in [-0.2, -0.15) is 0 Å². The molecule has 1 N–H and O–H groups in total. The minimum atomic E-state index is -0.408. The van der Waals surface area contributed by atoms with Crippen LogP contribution in [0.4, 0.5) is 4.39 Å². The second-order valence-electron chi connectivity index (χ2n) is 5.33. The molecule has 0 radical (unpaired) electrons. The third-order valence-corrected chi connectivity index (χ3v) is 4.31. The molecule has 0 heterocycles. The molecule has 2 rings (SSSR count). The molecule has 2 nitrogen and oxygen atoms in total. The second kappa shape index (κ2) is 5.39. The van der Waals surface area contributed by atoms with Crippen LogP contribution in [0.2, 0.25) is 0 Å². The summed E-state index contributed by atoms with van der Waals surface area (Å²) in [5.41, 5.74) is 0.584. The van der Waals surface area contributed by atoms with E-state index in [-0.39, 0.29) is 11.3 Å². The van der Waals surface area contributed by atoms with Gasteiger partial charge in [0.25, 0.3) is 5.91 Å². The quantitative estimate of drug-likeness (QED) is 0.901. The van der Waals surface area contributed by atoms with Crippen molar-refractivity contribution in [3.05, 3.63) is 34.1 Å². The van der Waals surface area contributed by atoms with Crippen molar-refractivity contribution in [3.63, 3.8) is 0 Å². The Kier molecular flexibility index (Phi) is 4.05. The number of carbonyl (C=O) groups is 1. The van der Waals surface area contributed by atoms with Crippen molar-refractivity contribution in [2.75, 3.05) is 6.54 Å². The van der Waals surface area contributed by atoms with Crippen LogP contribution in [0.3, 0.4) is 0 Å². The Balaban J connectivity index is 1.97. The zero-order valence-electron chi connectivity index (χ0n) is 10.4. The number of rotatable bonds is 3. The normalized spacial score (nSPS) is 17.7. The minimum absolute atomic E-state index is 0.200. The van der Waals surface area contributed by atoms with Gasteiger partial charge in [0.2, 0.25) is 0 Å². The maximum absolute atomic E-state index is 13.3. The number of carbonyl (C=O) groups excluding carboxylic acids is 1. The van der Waals surface area contributed by atoms with Crippen molar-refractivity contribution >= 4 is 21.8 Å². The Morgan fingerprint density at radius 2 is 2.11 bits per heavy atom. The van der Waals surface area contributed by atoms with E-state index in [1.165, 1.54) is 18.9 Å². The van der Waals surface area contributed by atoms with Crippen molar-refractivity contribution in [1.29, 1.82) is 0 Å². The van der Waals surface area contributed by atoms with Crippen LogP contribution in [0.1, 0.15) is 43.0 Å². The maximum Gasteiger partial charge on any atom is 0.251 e. The lowest BCUT2D eigenvalue weighted by atomic mass is 9.89. The van der Waals surface area contributed by atoms with Gasteiger partial charge in [-0.3, -0.25) is 4.79 Å². The van der Waals surface area contributed by atoms with Crippen molar-refractivity contribution in [1.82, 2.24) is 5.32 Å². The SMILES string of the molecule is CC1(CNC(=O)c2ccc(Br)c(F)c2)CCCC1. The molecule has 1 aliphatic rings. The molecular weight excluding hydrogens is 297 g/mol. The molecule has 0 saturated heterocycles. The van der Waals surface area contributed by atoms with E-state index in [0.717, 1.165) is 12.8 Å². The van der Waals surface area contributed by atoms with Gasteiger partial charge in [0.1, 0.15) is 5.82 Å². The third kappa shape index (κ3) is 3.10. The molecule has 1 aromatic carbocycles. The topological polar surface area (TPSA) is 29.1 Å². The van der Waals surface area contributed by atoms with Crippen molar-refractivity contribution < 1.29 is 9.18 Å². The van der Waals surface area contributed by atoms with E-state index in [1.54, 1.807) is 12.1 Å². The monoisotopic (exact) mass is 313 g/mol. The first-order valence-corrected chi connectivity index (χ1v) is 7.03. The Morgan fingerprint density at radius 1 is 1.44 bits per heavy atom. The van der Waals surface area contributed by atoms with E-state index in [1.807, 2.05) is 0 Å². The lowest BCUT2D eigenvalue weighted by Crippen LogP contribution is -2.34. The van der Waals surface area contributed by atoms with Crippen LogP contribution >= 0.6 is 15.9 Å². The van der Waals surface area contributed by atoms with Crippen LogP contribution in [0.5, 0.6) is 0 Å². The highest BCUT2D eigenvalue weighted by Gasteiger charge is 2.28. The van der Waals surface area contributed by atoms with E-state index in [2.05, 4.69) is 28.2 Å². The molecular formula is C14H17BrFNO. The Morgan fingerprint density at radius 3 is 2.72 bits per heavy atom. The van der Waals surface area contributed by atoms with E-state index < -0.39 is 5.82 Å². The fourth-order valence-electron chi connectivity index (χ4n) is 2.44. The average molecular weight is 314 g/mol. The fraction of sp³-hybridized carbons (Fsp3) is 0.500. The van der Waals surface area contributed by atoms with Crippen LogP contribution in [0, 0.1) is 11.2 Å². The summed E-state index contributed by atoms with van der Waals surface area (Å²) in [5, 5.41) is 2.91. The predicted molar refractivity (Wildman–Crippen MR) is 73.0 cm³/mol. The first kappa shape index (κ1) is 13.5. The van der Waals surface area contributed by atoms with E-state index >= 15 is 0 Å². The Bertz CT molecular complexity index is 455. The molecule has 4 heteroatoms. The molecule has 0 aliphatic heterocycles. The van der Waals surface area contributed by atoms with Crippen LogP contribution in [-0.4, -0.2) is 12.5 Å². The van der Waals surface area contributed by atoms with Gasteiger partial charge in [-0.05, 0) is 52.4 Å². The summed E-state index contributed by atoms with van der Waals surface area (Å²) < 4.78 is 13.7. The van der Waals surface area contributed by atoms with Gasteiger partial charge in [0.15, 0.2) is 0 Å². The van der Waals surface area contributed by atoms with Gasteiger partial charge in [0.05, 0.1) is 4.47 Å². The van der Waals surface area contributed by atoms with Crippen LogP contribution in [0.15, 0.2) is 22.7 Å². The largest absolute Gasteiger partial charge is 0.351 e. The minimum Gasteiger partial charge on any atom is -0.351 e.